The van der Waals surface area contributed by atoms with Crippen molar-refractivity contribution in [1.29, 1.82) is 0 Å². The minimum absolute atomic E-state index is 0.225. The van der Waals surface area contributed by atoms with Crippen LogP contribution < -0.4 is 16.6 Å². The molecule has 0 fully saturated rings. The molecule has 0 radical (unpaired) electrons. The molecule has 1 aromatic heterocycles. The summed E-state index contributed by atoms with van der Waals surface area (Å²) < 4.78 is 2.84. The van der Waals surface area contributed by atoms with E-state index in [4.69, 9.17) is 0 Å². The molecule has 0 spiro atoms. The number of nitrogens with one attached hydrogen (secondary N) is 1. The van der Waals surface area contributed by atoms with Crippen LogP contribution in [0.15, 0.2) is 46.0 Å². The van der Waals surface area contributed by atoms with Gasteiger partial charge in [-0.3, -0.25) is 13.9 Å². The van der Waals surface area contributed by atoms with Crippen LogP contribution in [0.25, 0.3) is 0 Å². The Kier molecular flexibility index (Phi) is 6.35. The average molecular weight is 315 g/mol. The lowest BCUT2D eigenvalue weighted by Crippen LogP contribution is -2.38. The van der Waals surface area contributed by atoms with Crippen LogP contribution >= 0.6 is 0 Å². The Morgan fingerprint density at radius 2 is 1.78 bits per heavy atom. The third kappa shape index (κ3) is 4.93. The Morgan fingerprint density at radius 3 is 2.52 bits per heavy atom. The van der Waals surface area contributed by atoms with Crippen molar-refractivity contribution >= 4 is 0 Å². The zero-order valence-electron chi connectivity index (χ0n) is 13.9. The van der Waals surface area contributed by atoms with E-state index in [0.29, 0.717) is 6.54 Å². The van der Waals surface area contributed by atoms with Gasteiger partial charge in [-0.05, 0) is 31.9 Å². The summed E-state index contributed by atoms with van der Waals surface area (Å²) in [5, 5.41) is 3.43. The molecule has 1 heterocycles. The molecule has 0 amide bonds. The quantitative estimate of drug-likeness (QED) is 0.756. The van der Waals surface area contributed by atoms with Gasteiger partial charge >= 0.3 is 5.69 Å². The fraction of sp³-hybridized carbons (Fsp3) is 0.444. The number of aryl methyl sites for hydroxylation is 1. The van der Waals surface area contributed by atoms with E-state index < -0.39 is 0 Å². The van der Waals surface area contributed by atoms with Crippen LogP contribution in [-0.4, -0.2) is 15.7 Å². The van der Waals surface area contributed by atoms with Crippen LogP contribution in [0.2, 0.25) is 0 Å². The van der Waals surface area contributed by atoms with E-state index >= 15 is 0 Å². The van der Waals surface area contributed by atoms with E-state index in [1.807, 2.05) is 25.1 Å². The third-order valence-electron chi connectivity index (χ3n) is 4.01. The molecule has 0 saturated carbocycles. The topological polar surface area (TPSA) is 56.0 Å². The fourth-order valence-corrected chi connectivity index (χ4v) is 2.58. The molecule has 5 heteroatoms. The Labute approximate surface area is 136 Å². The smallest absolute Gasteiger partial charge is 0.313 e. The summed E-state index contributed by atoms with van der Waals surface area (Å²) in [6.07, 6.45) is 3.06. The van der Waals surface area contributed by atoms with Crippen LogP contribution in [0.1, 0.15) is 30.5 Å². The average Bonchev–Trinajstić information content (AvgIpc) is 2.55. The number of benzene rings is 1. The van der Waals surface area contributed by atoms with Crippen molar-refractivity contribution in [1.82, 2.24) is 14.5 Å². The minimum Gasteiger partial charge on any atom is -0.313 e. The molecule has 124 valence electrons. The predicted octanol–water partition coefficient (Wildman–Crippen LogP) is 1.82. The Hall–Kier alpha value is -2.14. The number of nitrogens with zero attached hydrogens (tertiary/aromatic N) is 2. The van der Waals surface area contributed by atoms with E-state index in [1.165, 1.54) is 18.7 Å². The molecule has 2 aromatic rings. The molecule has 0 bridgehead atoms. The first-order valence-electron chi connectivity index (χ1n) is 8.11. The summed E-state index contributed by atoms with van der Waals surface area (Å²) in [7, 11) is 1.52. The van der Waals surface area contributed by atoms with Crippen LogP contribution in [0.3, 0.4) is 0 Å². The molecule has 0 aliphatic heterocycles. The molecule has 0 aliphatic rings. The second-order valence-corrected chi connectivity index (χ2v) is 5.84. The van der Waals surface area contributed by atoms with Gasteiger partial charge < -0.3 is 5.32 Å². The Bertz CT molecular complexity index is 732. The second-order valence-electron chi connectivity index (χ2n) is 5.84. The predicted molar refractivity (Wildman–Crippen MR) is 92.7 cm³/mol. The van der Waals surface area contributed by atoms with Gasteiger partial charge in [0.1, 0.15) is 0 Å². The number of rotatable bonds is 8. The van der Waals surface area contributed by atoms with Crippen molar-refractivity contribution in [3.8, 4) is 0 Å². The van der Waals surface area contributed by atoms with Gasteiger partial charge in [-0.2, -0.15) is 0 Å². The lowest BCUT2D eigenvalue weighted by Gasteiger charge is -2.11. The number of hydrogen-bond donors (Lipinski definition) is 1. The molecule has 2 rings (SSSR count). The van der Waals surface area contributed by atoms with Gasteiger partial charge in [-0.1, -0.05) is 36.8 Å². The first-order chi connectivity index (χ1) is 11.1. The summed E-state index contributed by atoms with van der Waals surface area (Å²) in [5.74, 6) is 0. The van der Waals surface area contributed by atoms with Crippen molar-refractivity contribution in [2.24, 2.45) is 7.05 Å². The van der Waals surface area contributed by atoms with Gasteiger partial charge in [0, 0.05) is 31.9 Å². The number of aromatic nitrogens is 2. The molecule has 0 aliphatic carbocycles. The standard InChI is InChI=1S/C18H25N3O2/c1-15-13-17(22)20(2)18(23)21(15)12-8-4-7-11-19-14-16-9-5-3-6-10-16/h3,5-6,9-10,13,19H,4,7-8,11-12,14H2,1-2H3. The largest absolute Gasteiger partial charge is 0.330 e. The van der Waals surface area contributed by atoms with Crippen molar-refractivity contribution in [3.05, 3.63) is 68.5 Å². The normalized spacial score (nSPS) is 10.9. The fourth-order valence-electron chi connectivity index (χ4n) is 2.58. The Morgan fingerprint density at radius 1 is 1.04 bits per heavy atom. The summed E-state index contributed by atoms with van der Waals surface area (Å²) in [6, 6.07) is 11.9. The monoisotopic (exact) mass is 315 g/mol. The van der Waals surface area contributed by atoms with Gasteiger partial charge in [0.25, 0.3) is 5.56 Å². The molecule has 1 N–H and O–H groups in total. The van der Waals surface area contributed by atoms with Crippen molar-refractivity contribution in [3.63, 3.8) is 0 Å². The lowest BCUT2D eigenvalue weighted by molar-refractivity contribution is 0.521. The van der Waals surface area contributed by atoms with E-state index in [-0.39, 0.29) is 11.2 Å². The van der Waals surface area contributed by atoms with E-state index in [1.54, 1.807) is 4.57 Å². The maximum atomic E-state index is 12.0. The third-order valence-corrected chi connectivity index (χ3v) is 4.01. The van der Waals surface area contributed by atoms with Gasteiger partial charge in [-0.15, -0.1) is 0 Å². The van der Waals surface area contributed by atoms with Crippen molar-refractivity contribution < 1.29 is 0 Å². The van der Waals surface area contributed by atoms with E-state index in [0.717, 1.165) is 42.6 Å². The van der Waals surface area contributed by atoms with Gasteiger partial charge in [0.2, 0.25) is 0 Å². The zero-order chi connectivity index (χ0) is 16.7. The first-order valence-corrected chi connectivity index (χ1v) is 8.11. The lowest BCUT2D eigenvalue weighted by atomic mass is 10.2. The Balaban J connectivity index is 1.69. The highest BCUT2D eigenvalue weighted by Crippen LogP contribution is 2.01. The van der Waals surface area contributed by atoms with Crippen molar-refractivity contribution in [2.45, 2.75) is 39.3 Å². The molecule has 0 unspecified atom stereocenters. The number of unbranched alkanes of at least 4 members (excludes halogenated alkanes) is 2. The molecular weight excluding hydrogens is 290 g/mol. The highest BCUT2D eigenvalue weighted by molar-refractivity contribution is 5.14. The molecular formula is C18H25N3O2. The molecule has 5 nitrogen and oxygen atoms in total. The van der Waals surface area contributed by atoms with E-state index in [9.17, 15) is 9.59 Å². The molecule has 0 atom stereocenters. The minimum atomic E-state index is -0.242. The molecule has 1 aromatic carbocycles. The maximum absolute atomic E-state index is 12.0. The van der Waals surface area contributed by atoms with Crippen LogP contribution in [0.5, 0.6) is 0 Å². The first kappa shape index (κ1) is 17.2. The maximum Gasteiger partial charge on any atom is 0.330 e. The van der Waals surface area contributed by atoms with Gasteiger partial charge in [0.05, 0.1) is 0 Å². The summed E-state index contributed by atoms with van der Waals surface area (Å²) in [5.41, 5.74) is 1.56. The van der Waals surface area contributed by atoms with Crippen LogP contribution in [0, 0.1) is 6.92 Å². The summed E-state index contributed by atoms with van der Waals surface area (Å²) in [4.78, 5) is 23.6. The van der Waals surface area contributed by atoms with Gasteiger partial charge in [0.15, 0.2) is 0 Å². The number of hydrogen-bond acceptors (Lipinski definition) is 3. The summed E-state index contributed by atoms with van der Waals surface area (Å²) >= 11 is 0. The highest BCUT2D eigenvalue weighted by Gasteiger charge is 2.05. The van der Waals surface area contributed by atoms with Crippen LogP contribution in [-0.2, 0) is 20.1 Å². The van der Waals surface area contributed by atoms with Crippen LogP contribution in [0.4, 0.5) is 0 Å². The van der Waals surface area contributed by atoms with Crippen molar-refractivity contribution in [2.75, 3.05) is 6.54 Å². The SMILES string of the molecule is Cc1cc(=O)n(C)c(=O)n1CCCCCNCc1ccccc1. The molecule has 23 heavy (non-hydrogen) atoms. The molecule has 0 saturated heterocycles. The van der Waals surface area contributed by atoms with E-state index in [2.05, 4.69) is 17.4 Å². The zero-order valence-corrected chi connectivity index (χ0v) is 13.9. The highest BCUT2D eigenvalue weighted by atomic mass is 16.2. The summed E-state index contributed by atoms with van der Waals surface area (Å²) in [6.45, 7) is 4.33. The second kappa shape index (κ2) is 8.48. The van der Waals surface area contributed by atoms with Gasteiger partial charge in [-0.25, -0.2) is 4.79 Å².